The second-order valence-electron chi connectivity index (χ2n) is 9.36. The second-order valence-corrected chi connectivity index (χ2v) is 10.0. The zero-order valence-corrected chi connectivity index (χ0v) is 21.0. The first-order chi connectivity index (χ1) is 15.6. The summed E-state index contributed by atoms with van der Waals surface area (Å²) in [5.74, 6) is -1.26. The molecule has 33 heavy (non-hydrogen) atoms. The summed E-state index contributed by atoms with van der Waals surface area (Å²) in [5, 5.41) is 9.57. The minimum atomic E-state index is -4.32. The van der Waals surface area contributed by atoms with Crippen LogP contribution in [-0.2, 0) is 0 Å². The van der Waals surface area contributed by atoms with Crippen molar-refractivity contribution in [3.05, 3.63) is 35.4 Å². The van der Waals surface area contributed by atoms with Gasteiger partial charge in [0, 0.05) is 29.3 Å². The Hall–Kier alpha value is -1.68. The molecule has 6 unspecified atom stereocenters. The topological polar surface area (TPSA) is 44.1 Å². The van der Waals surface area contributed by atoms with Crippen molar-refractivity contribution in [1.29, 1.82) is 5.26 Å². The number of alkyl halides is 3. The van der Waals surface area contributed by atoms with Gasteiger partial charge in [0.25, 0.3) is 5.91 Å². The molecular weight excluding hydrogens is 445 g/mol. The third-order valence-electron chi connectivity index (χ3n) is 7.38. The van der Waals surface area contributed by atoms with Gasteiger partial charge in [-0.05, 0) is 62.1 Å². The van der Waals surface area contributed by atoms with E-state index in [1.807, 2.05) is 4.90 Å². The quantitative estimate of drug-likeness (QED) is 0.377. The maximum absolute atomic E-state index is 13.7. The van der Waals surface area contributed by atoms with E-state index in [-0.39, 0.29) is 40.5 Å². The smallest absolute Gasteiger partial charge is 0.335 e. The van der Waals surface area contributed by atoms with Crippen molar-refractivity contribution in [2.75, 3.05) is 6.54 Å². The summed E-state index contributed by atoms with van der Waals surface area (Å²) in [6.45, 7) is 7.98. The van der Waals surface area contributed by atoms with Crippen LogP contribution in [0.3, 0.4) is 0 Å². The van der Waals surface area contributed by atoms with Crippen LogP contribution in [0.15, 0.2) is 24.3 Å². The summed E-state index contributed by atoms with van der Waals surface area (Å²) in [6, 6.07) is 8.28. The number of thiol groups is 1. The van der Waals surface area contributed by atoms with Crippen LogP contribution < -0.4 is 0 Å². The monoisotopic (exact) mass is 482 g/mol. The third-order valence-corrected chi connectivity index (χ3v) is 8.16. The molecule has 0 aromatic heterocycles. The molecule has 0 spiro atoms. The molecule has 7 heteroatoms. The molecule has 0 bridgehead atoms. The van der Waals surface area contributed by atoms with E-state index in [4.69, 9.17) is 12.6 Å². The minimum absolute atomic E-state index is 0.0153. The van der Waals surface area contributed by atoms with Crippen molar-refractivity contribution in [2.24, 2.45) is 17.8 Å². The molecule has 2 rings (SSSR count). The molecule has 0 N–H and O–H groups in total. The van der Waals surface area contributed by atoms with Crippen LogP contribution in [0, 0.1) is 29.1 Å². The van der Waals surface area contributed by atoms with Gasteiger partial charge in [-0.15, -0.1) is 0 Å². The van der Waals surface area contributed by atoms with E-state index in [9.17, 15) is 23.2 Å². The summed E-state index contributed by atoms with van der Waals surface area (Å²) in [5.41, 5.74) is 0.562. The molecule has 0 heterocycles. The van der Waals surface area contributed by atoms with Gasteiger partial charge in [0.2, 0.25) is 0 Å². The van der Waals surface area contributed by atoms with Gasteiger partial charge in [-0.1, -0.05) is 45.7 Å². The minimum Gasteiger partial charge on any atom is -0.335 e. The predicted octanol–water partition coefficient (Wildman–Crippen LogP) is 7.25. The van der Waals surface area contributed by atoms with Gasteiger partial charge >= 0.3 is 6.18 Å². The number of benzene rings is 1. The molecular formula is C26H37F3N2OS. The number of carbonyl (C=O) groups excluding carboxylic acids is 1. The normalized spacial score (nSPS) is 23.9. The van der Waals surface area contributed by atoms with E-state index in [0.717, 1.165) is 45.4 Å². The highest BCUT2D eigenvalue weighted by Crippen LogP contribution is 2.37. The van der Waals surface area contributed by atoms with Crippen molar-refractivity contribution < 1.29 is 18.0 Å². The van der Waals surface area contributed by atoms with Crippen LogP contribution in [-0.4, -0.2) is 34.8 Å². The Kier molecular flexibility index (Phi) is 10.1. The van der Waals surface area contributed by atoms with E-state index >= 15 is 0 Å². The maximum atomic E-state index is 13.7. The average molecular weight is 483 g/mol. The molecule has 3 nitrogen and oxygen atoms in total. The fourth-order valence-corrected chi connectivity index (χ4v) is 5.27. The molecule has 1 saturated carbocycles. The largest absolute Gasteiger partial charge is 0.395 e. The standard InChI is InChI=1S/C26H37F3N2OS/c1-5-19-14-18(15-30)8-13-23(19)31(16-20(6-2)24(33)7-3)25(32)22-11-9-21(10-12-22)17(4)26(27,28)29/h9-12,17-20,23-24,33H,5-8,13-14,16H2,1-4H3. The fourth-order valence-electron chi connectivity index (χ4n) is 4.96. The number of hydrogen-bond acceptors (Lipinski definition) is 3. The third kappa shape index (κ3) is 6.91. The van der Waals surface area contributed by atoms with E-state index < -0.39 is 12.1 Å². The van der Waals surface area contributed by atoms with Gasteiger partial charge in [-0.3, -0.25) is 4.79 Å². The Morgan fingerprint density at radius 2 is 1.82 bits per heavy atom. The van der Waals surface area contributed by atoms with Gasteiger partial charge in [0.05, 0.1) is 12.0 Å². The molecule has 1 aliphatic carbocycles. The summed E-state index contributed by atoms with van der Waals surface area (Å²) in [4.78, 5) is 15.7. The number of nitrogens with zero attached hydrogens (tertiary/aromatic N) is 2. The molecule has 1 aromatic rings. The lowest BCUT2D eigenvalue weighted by Gasteiger charge is -2.43. The maximum Gasteiger partial charge on any atom is 0.395 e. The Balaban J connectivity index is 2.36. The Labute approximate surface area is 202 Å². The SMILES string of the molecule is CCC(S)C(CC)CN(C(=O)c1ccc(C(C)C(F)(F)F)cc1)C1CCC(C#N)CC1CC. The van der Waals surface area contributed by atoms with Crippen molar-refractivity contribution in [3.63, 3.8) is 0 Å². The van der Waals surface area contributed by atoms with Crippen LogP contribution in [0.25, 0.3) is 0 Å². The second kappa shape index (κ2) is 12.1. The molecule has 6 atom stereocenters. The first-order valence-corrected chi connectivity index (χ1v) is 12.6. The van der Waals surface area contributed by atoms with Crippen molar-refractivity contribution in [2.45, 2.75) is 89.6 Å². The molecule has 184 valence electrons. The molecule has 1 fully saturated rings. The zero-order valence-electron chi connectivity index (χ0n) is 20.1. The van der Waals surface area contributed by atoms with E-state index in [0.29, 0.717) is 12.1 Å². The number of rotatable bonds is 9. The summed E-state index contributed by atoms with van der Waals surface area (Å²) < 4.78 is 39.3. The molecule has 1 aromatic carbocycles. The lowest BCUT2D eigenvalue weighted by molar-refractivity contribution is -0.146. The number of hydrogen-bond donors (Lipinski definition) is 1. The summed E-state index contributed by atoms with van der Waals surface area (Å²) in [7, 11) is 0. The highest BCUT2D eigenvalue weighted by Gasteiger charge is 2.38. The summed E-state index contributed by atoms with van der Waals surface area (Å²) in [6.07, 6.45) is 0.650. The van der Waals surface area contributed by atoms with E-state index in [2.05, 4.69) is 26.8 Å². The Bertz CT molecular complexity index is 805. The Morgan fingerprint density at radius 1 is 1.18 bits per heavy atom. The number of nitriles is 1. The number of amides is 1. The van der Waals surface area contributed by atoms with Crippen LogP contribution in [0.5, 0.6) is 0 Å². The lowest BCUT2D eigenvalue weighted by Crippen LogP contribution is -2.49. The first kappa shape index (κ1) is 27.6. The van der Waals surface area contributed by atoms with Gasteiger partial charge in [0.1, 0.15) is 0 Å². The Morgan fingerprint density at radius 3 is 2.30 bits per heavy atom. The lowest BCUT2D eigenvalue weighted by atomic mass is 9.76. The van der Waals surface area contributed by atoms with Crippen LogP contribution in [0.2, 0.25) is 0 Å². The number of carbonyl (C=O) groups is 1. The highest BCUT2D eigenvalue weighted by molar-refractivity contribution is 7.81. The van der Waals surface area contributed by atoms with Crippen molar-refractivity contribution >= 4 is 18.5 Å². The van der Waals surface area contributed by atoms with E-state index in [1.165, 1.54) is 24.3 Å². The molecule has 0 saturated heterocycles. The predicted molar refractivity (Wildman–Crippen MR) is 129 cm³/mol. The molecule has 0 radical (unpaired) electrons. The van der Waals surface area contributed by atoms with Gasteiger partial charge < -0.3 is 4.90 Å². The average Bonchev–Trinajstić information content (AvgIpc) is 2.82. The van der Waals surface area contributed by atoms with Gasteiger partial charge in [-0.2, -0.15) is 31.1 Å². The molecule has 0 aliphatic heterocycles. The van der Waals surface area contributed by atoms with Crippen LogP contribution in [0.4, 0.5) is 13.2 Å². The van der Waals surface area contributed by atoms with Gasteiger partial charge in [0.15, 0.2) is 0 Å². The molecule has 1 aliphatic rings. The van der Waals surface area contributed by atoms with Crippen LogP contribution in [0.1, 0.15) is 88.1 Å². The first-order valence-electron chi connectivity index (χ1n) is 12.1. The van der Waals surface area contributed by atoms with E-state index in [1.54, 1.807) is 0 Å². The fraction of sp³-hybridized carbons (Fsp3) is 0.692. The highest BCUT2D eigenvalue weighted by atomic mass is 32.1. The van der Waals surface area contributed by atoms with Gasteiger partial charge in [-0.25, -0.2) is 0 Å². The molecule has 1 amide bonds. The number of halogens is 3. The van der Waals surface area contributed by atoms with Crippen molar-refractivity contribution in [3.8, 4) is 6.07 Å². The summed E-state index contributed by atoms with van der Waals surface area (Å²) >= 11 is 4.75. The van der Waals surface area contributed by atoms with Crippen molar-refractivity contribution in [1.82, 2.24) is 4.90 Å². The van der Waals surface area contributed by atoms with Crippen LogP contribution >= 0.6 is 12.6 Å². The zero-order chi connectivity index (χ0) is 24.8.